The van der Waals surface area contributed by atoms with Crippen LogP contribution in [0.3, 0.4) is 0 Å². The molecule has 1 aliphatic heterocycles. The summed E-state index contributed by atoms with van der Waals surface area (Å²) < 4.78 is 5.35. The van der Waals surface area contributed by atoms with Gasteiger partial charge in [0.05, 0.1) is 25.4 Å². The van der Waals surface area contributed by atoms with E-state index in [1.165, 1.54) is 0 Å². The first kappa shape index (κ1) is 21.8. The smallest absolute Gasteiger partial charge is 0.241 e. The van der Waals surface area contributed by atoms with Crippen LogP contribution < -0.4 is 15.4 Å². The van der Waals surface area contributed by atoms with Crippen molar-refractivity contribution in [2.75, 3.05) is 50.5 Å². The third-order valence-corrected chi connectivity index (χ3v) is 5.37. The summed E-state index contributed by atoms with van der Waals surface area (Å²) in [6, 6.07) is 14.9. The maximum Gasteiger partial charge on any atom is 0.241 e. The molecule has 1 unspecified atom stereocenters. The molecule has 0 aromatic heterocycles. The average Bonchev–Trinajstić information content (AvgIpc) is 2.74. The lowest BCUT2D eigenvalue weighted by molar-refractivity contribution is -0.122. The Morgan fingerprint density at radius 1 is 1.03 bits per heavy atom. The number of ether oxygens (including phenoxy) is 1. The molecule has 1 heterocycles. The fourth-order valence-electron chi connectivity index (χ4n) is 3.56. The predicted molar refractivity (Wildman–Crippen MR) is 119 cm³/mol. The zero-order valence-corrected chi connectivity index (χ0v) is 17.9. The summed E-state index contributed by atoms with van der Waals surface area (Å²) in [5.74, 6) is 0.566. The lowest BCUT2D eigenvalue weighted by Gasteiger charge is -2.37. The number of nitrogens with zero attached hydrogens (tertiary/aromatic N) is 2. The van der Waals surface area contributed by atoms with Crippen LogP contribution in [0.15, 0.2) is 48.5 Å². The quantitative estimate of drug-likeness (QED) is 0.734. The van der Waals surface area contributed by atoms with Crippen molar-refractivity contribution in [3.05, 3.63) is 54.1 Å². The molecule has 1 aliphatic rings. The van der Waals surface area contributed by atoms with E-state index in [9.17, 15) is 9.59 Å². The molecule has 2 aromatic carbocycles. The van der Waals surface area contributed by atoms with Crippen LogP contribution in [0.5, 0.6) is 5.75 Å². The van der Waals surface area contributed by atoms with Crippen molar-refractivity contribution in [1.82, 2.24) is 9.80 Å². The van der Waals surface area contributed by atoms with Crippen LogP contribution >= 0.6 is 0 Å². The van der Waals surface area contributed by atoms with E-state index in [1.807, 2.05) is 62.4 Å². The van der Waals surface area contributed by atoms with Gasteiger partial charge in [0.15, 0.2) is 0 Å². The molecule has 160 valence electrons. The largest absolute Gasteiger partial charge is 0.495 e. The molecule has 30 heavy (non-hydrogen) atoms. The molecule has 3 rings (SSSR count). The Hall–Kier alpha value is -2.90. The highest BCUT2D eigenvalue weighted by atomic mass is 16.5. The Labute approximate surface area is 178 Å². The Bertz CT molecular complexity index is 864. The number of aryl methyl sites for hydroxylation is 1. The molecule has 0 spiro atoms. The van der Waals surface area contributed by atoms with Crippen molar-refractivity contribution < 1.29 is 14.3 Å². The highest BCUT2D eigenvalue weighted by molar-refractivity contribution is 5.96. The van der Waals surface area contributed by atoms with Crippen LogP contribution in [0.25, 0.3) is 0 Å². The Kier molecular flexibility index (Phi) is 7.43. The number of hydrogen-bond acceptors (Lipinski definition) is 5. The molecule has 2 aromatic rings. The van der Waals surface area contributed by atoms with Gasteiger partial charge in [-0.1, -0.05) is 24.3 Å². The fourth-order valence-corrected chi connectivity index (χ4v) is 3.56. The molecule has 2 amide bonds. The second-order valence-electron chi connectivity index (χ2n) is 7.60. The number of amides is 2. The Balaban J connectivity index is 1.47. The SMILES string of the molecule is COc1ccc(C)cc1NC(=O)C(C)N1CCN(CC(=O)Nc2ccccc2)CC1. The van der Waals surface area contributed by atoms with Crippen molar-refractivity contribution in [2.24, 2.45) is 0 Å². The third-order valence-electron chi connectivity index (χ3n) is 5.37. The number of methoxy groups -OCH3 is 1. The molecule has 1 fully saturated rings. The minimum Gasteiger partial charge on any atom is -0.495 e. The van der Waals surface area contributed by atoms with E-state index in [4.69, 9.17) is 4.74 Å². The van der Waals surface area contributed by atoms with Gasteiger partial charge in [-0.2, -0.15) is 0 Å². The lowest BCUT2D eigenvalue weighted by atomic mass is 10.1. The van der Waals surface area contributed by atoms with Crippen LogP contribution in [-0.4, -0.2) is 67.5 Å². The molecule has 0 radical (unpaired) electrons. The monoisotopic (exact) mass is 410 g/mol. The number of carbonyl (C=O) groups excluding carboxylic acids is 2. The van der Waals surface area contributed by atoms with E-state index >= 15 is 0 Å². The highest BCUT2D eigenvalue weighted by Gasteiger charge is 2.26. The maximum absolute atomic E-state index is 12.8. The summed E-state index contributed by atoms with van der Waals surface area (Å²) in [6.07, 6.45) is 0. The summed E-state index contributed by atoms with van der Waals surface area (Å²) in [5.41, 5.74) is 2.55. The number of carbonyl (C=O) groups is 2. The van der Waals surface area contributed by atoms with Crippen molar-refractivity contribution in [3.8, 4) is 5.75 Å². The lowest BCUT2D eigenvalue weighted by Crippen LogP contribution is -2.53. The minimum atomic E-state index is -0.268. The second kappa shape index (κ2) is 10.2. The summed E-state index contributed by atoms with van der Waals surface area (Å²) in [5, 5.41) is 5.90. The number of piperazine rings is 1. The van der Waals surface area contributed by atoms with Gasteiger partial charge in [-0.05, 0) is 43.7 Å². The molecule has 0 aliphatic carbocycles. The predicted octanol–water partition coefficient (Wildman–Crippen LogP) is 2.59. The van der Waals surface area contributed by atoms with E-state index in [0.717, 1.165) is 37.4 Å². The first-order valence-corrected chi connectivity index (χ1v) is 10.2. The van der Waals surface area contributed by atoms with Crippen LogP contribution in [0.2, 0.25) is 0 Å². The van der Waals surface area contributed by atoms with Crippen LogP contribution in [0.4, 0.5) is 11.4 Å². The van der Waals surface area contributed by atoms with Gasteiger partial charge in [0, 0.05) is 31.9 Å². The molecular weight excluding hydrogens is 380 g/mol. The van der Waals surface area contributed by atoms with Gasteiger partial charge in [0.25, 0.3) is 0 Å². The summed E-state index contributed by atoms with van der Waals surface area (Å²) in [7, 11) is 1.59. The average molecular weight is 411 g/mol. The van der Waals surface area contributed by atoms with Gasteiger partial charge >= 0.3 is 0 Å². The summed E-state index contributed by atoms with van der Waals surface area (Å²) >= 11 is 0. The topological polar surface area (TPSA) is 73.9 Å². The molecule has 0 bridgehead atoms. The third kappa shape index (κ3) is 5.81. The molecule has 7 heteroatoms. The number of nitrogens with one attached hydrogen (secondary N) is 2. The van der Waals surface area contributed by atoms with E-state index in [-0.39, 0.29) is 17.9 Å². The van der Waals surface area contributed by atoms with Crippen LogP contribution in [0.1, 0.15) is 12.5 Å². The molecule has 2 N–H and O–H groups in total. The molecule has 1 saturated heterocycles. The van der Waals surface area contributed by atoms with E-state index in [1.54, 1.807) is 7.11 Å². The zero-order chi connectivity index (χ0) is 21.5. The van der Waals surface area contributed by atoms with Crippen LogP contribution in [-0.2, 0) is 9.59 Å². The van der Waals surface area contributed by atoms with Crippen molar-refractivity contribution >= 4 is 23.2 Å². The van der Waals surface area contributed by atoms with Crippen molar-refractivity contribution in [1.29, 1.82) is 0 Å². The van der Waals surface area contributed by atoms with Gasteiger partial charge in [-0.3, -0.25) is 19.4 Å². The van der Waals surface area contributed by atoms with Crippen LogP contribution in [0, 0.1) is 6.92 Å². The highest BCUT2D eigenvalue weighted by Crippen LogP contribution is 2.25. The first-order chi connectivity index (χ1) is 14.5. The van der Waals surface area contributed by atoms with E-state index < -0.39 is 0 Å². The summed E-state index contributed by atoms with van der Waals surface area (Å²) in [6.45, 7) is 7.20. The van der Waals surface area contributed by atoms with Crippen molar-refractivity contribution in [2.45, 2.75) is 19.9 Å². The molecular formula is C23H30N4O3. The maximum atomic E-state index is 12.8. The molecule has 0 saturated carbocycles. The van der Waals surface area contributed by atoms with E-state index in [2.05, 4.69) is 20.4 Å². The first-order valence-electron chi connectivity index (χ1n) is 10.2. The number of anilines is 2. The fraction of sp³-hybridized carbons (Fsp3) is 0.391. The minimum absolute atomic E-state index is 0.0213. The van der Waals surface area contributed by atoms with Crippen molar-refractivity contribution in [3.63, 3.8) is 0 Å². The van der Waals surface area contributed by atoms with Gasteiger partial charge in [-0.15, -0.1) is 0 Å². The Morgan fingerprint density at radius 2 is 1.73 bits per heavy atom. The molecule has 7 nitrogen and oxygen atoms in total. The number of hydrogen-bond donors (Lipinski definition) is 2. The Morgan fingerprint density at radius 3 is 2.40 bits per heavy atom. The summed E-state index contributed by atoms with van der Waals surface area (Å²) in [4.78, 5) is 29.3. The van der Waals surface area contributed by atoms with Gasteiger partial charge < -0.3 is 15.4 Å². The normalized spacial score (nSPS) is 16.0. The molecule has 1 atom stereocenters. The van der Waals surface area contributed by atoms with Gasteiger partial charge in [0.2, 0.25) is 11.8 Å². The van der Waals surface area contributed by atoms with Gasteiger partial charge in [0.1, 0.15) is 5.75 Å². The standard InChI is InChI=1S/C23H30N4O3/c1-17-9-10-21(30-3)20(15-17)25-23(29)18(2)27-13-11-26(12-14-27)16-22(28)24-19-7-5-4-6-8-19/h4-10,15,18H,11-14,16H2,1-3H3,(H,24,28)(H,25,29). The second-order valence-corrected chi connectivity index (χ2v) is 7.60. The number of rotatable bonds is 7. The number of benzene rings is 2. The van der Waals surface area contributed by atoms with Gasteiger partial charge in [-0.25, -0.2) is 0 Å². The number of para-hydroxylation sites is 1. The van der Waals surface area contributed by atoms with E-state index in [0.29, 0.717) is 18.0 Å². The zero-order valence-electron chi connectivity index (χ0n) is 17.9.